The Balaban J connectivity index is 2.37. The van der Waals surface area contributed by atoms with E-state index in [4.69, 9.17) is 5.73 Å². The third-order valence-electron chi connectivity index (χ3n) is 4.18. The number of hydrogen-bond acceptors (Lipinski definition) is 1. The minimum absolute atomic E-state index is 0.206. The SMILES string of the molecule is CC1(C)C2CCC1(N)CC2. The predicted molar refractivity (Wildman–Crippen MR) is 42.7 cm³/mol. The van der Waals surface area contributed by atoms with E-state index in [2.05, 4.69) is 13.8 Å². The van der Waals surface area contributed by atoms with Gasteiger partial charge in [-0.2, -0.15) is 0 Å². The van der Waals surface area contributed by atoms with Crippen molar-refractivity contribution in [1.82, 2.24) is 0 Å². The van der Waals surface area contributed by atoms with Crippen LogP contribution in [0.2, 0.25) is 0 Å². The Morgan fingerprint density at radius 1 is 1.20 bits per heavy atom. The third-order valence-corrected chi connectivity index (χ3v) is 4.18. The lowest BCUT2D eigenvalue weighted by molar-refractivity contribution is 0.220. The Bertz CT molecular complexity index is 149. The van der Waals surface area contributed by atoms with Crippen LogP contribution in [0, 0.1) is 11.3 Å². The molecule has 2 aliphatic rings. The number of fused-ring (bicyclic) bond motifs is 2. The highest BCUT2D eigenvalue weighted by atomic mass is 14.8. The van der Waals surface area contributed by atoms with Crippen molar-refractivity contribution in [2.24, 2.45) is 17.1 Å². The van der Waals surface area contributed by atoms with Gasteiger partial charge in [-0.25, -0.2) is 0 Å². The first kappa shape index (κ1) is 6.66. The quantitative estimate of drug-likeness (QED) is 0.545. The molecule has 0 heterocycles. The summed E-state index contributed by atoms with van der Waals surface area (Å²) >= 11 is 0. The van der Waals surface area contributed by atoms with Gasteiger partial charge >= 0.3 is 0 Å². The molecule has 0 saturated heterocycles. The Morgan fingerprint density at radius 3 is 1.80 bits per heavy atom. The van der Waals surface area contributed by atoms with Crippen LogP contribution in [0.3, 0.4) is 0 Å². The van der Waals surface area contributed by atoms with E-state index >= 15 is 0 Å². The summed E-state index contributed by atoms with van der Waals surface area (Å²) in [5, 5.41) is 0. The highest BCUT2D eigenvalue weighted by molar-refractivity contribution is 5.11. The van der Waals surface area contributed by atoms with Crippen LogP contribution >= 0.6 is 0 Å². The summed E-state index contributed by atoms with van der Waals surface area (Å²) in [4.78, 5) is 0. The molecule has 1 nitrogen and oxygen atoms in total. The van der Waals surface area contributed by atoms with Gasteiger partial charge in [-0.3, -0.25) is 0 Å². The maximum absolute atomic E-state index is 6.28. The first-order valence-electron chi connectivity index (χ1n) is 4.35. The predicted octanol–water partition coefficient (Wildman–Crippen LogP) is 1.91. The average molecular weight is 139 g/mol. The topological polar surface area (TPSA) is 26.0 Å². The number of rotatable bonds is 0. The molecular formula is C9H17N. The molecule has 58 valence electrons. The second-order valence-electron chi connectivity index (χ2n) is 4.65. The van der Waals surface area contributed by atoms with Crippen molar-refractivity contribution in [3.8, 4) is 0 Å². The van der Waals surface area contributed by atoms with Gasteiger partial charge in [0.1, 0.15) is 0 Å². The first-order valence-corrected chi connectivity index (χ1v) is 4.35. The lowest BCUT2D eigenvalue weighted by Gasteiger charge is -2.33. The Morgan fingerprint density at radius 2 is 1.70 bits per heavy atom. The standard InChI is InChI=1S/C9H17N/c1-8(2)7-3-5-9(8,10)6-4-7/h7H,3-6,10H2,1-2H3. The van der Waals surface area contributed by atoms with Gasteiger partial charge in [0.2, 0.25) is 0 Å². The molecular weight excluding hydrogens is 122 g/mol. The molecule has 2 rings (SSSR count). The van der Waals surface area contributed by atoms with Gasteiger partial charge in [0.25, 0.3) is 0 Å². The molecule has 0 amide bonds. The van der Waals surface area contributed by atoms with E-state index in [1.54, 1.807) is 0 Å². The molecule has 0 unspecified atom stereocenters. The van der Waals surface area contributed by atoms with Crippen LogP contribution in [0.5, 0.6) is 0 Å². The van der Waals surface area contributed by atoms with Crippen molar-refractivity contribution in [2.45, 2.75) is 45.1 Å². The smallest absolute Gasteiger partial charge is 0.0208 e. The zero-order chi connectivity index (χ0) is 7.41. The highest BCUT2D eigenvalue weighted by Gasteiger charge is 2.56. The van der Waals surface area contributed by atoms with Crippen LogP contribution in [-0.4, -0.2) is 5.54 Å². The van der Waals surface area contributed by atoms with Gasteiger partial charge < -0.3 is 5.73 Å². The van der Waals surface area contributed by atoms with Crippen LogP contribution in [0.1, 0.15) is 39.5 Å². The monoisotopic (exact) mass is 139 g/mol. The van der Waals surface area contributed by atoms with Crippen molar-refractivity contribution >= 4 is 0 Å². The molecule has 2 bridgehead atoms. The first-order chi connectivity index (χ1) is 4.56. The van der Waals surface area contributed by atoms with E-state index in [1.165, 1.54) is 25.7 Å². The summed E-state index contributed by atoms with van der Waals surface area (Å²) in [5.74, 6) is 0.928. The lowest BCUT2D eigenvalue weighted by Crippen LogP contribution is -2.46. The zero-order valence-electron chi connectivity index (χ0n) is 6.98. The van der Waals surface area contributed by atoms with Gasteiger partial charge in [-0.15, -0.1) is 0 Å². The van der Waals surface area contributed by atoms with Crippen LogP contribution in [0.4, 0.5) is 0 Å². The molecule has 0 aromatic rings. The second kappa shape index (κ2) is 1.58. The van der Waals surface area contributed by atoms with Crippen LogP contribution in [0.25, 0.3) is 0 Å². The van der Waals surface area contributed by atoms with Crippen LogP contribution in [0.15, 0.2) is 0 Å². The molecule has 10 heavy (non-hydrogen) atoms. The average Bonchev–Trinajstić information content (AvgIpc) is 2.18. The van der Waals surface area contributed by atoms with Gasteiger partial charge in [0, 0.05) is 5.54 Å². The van der Waals surface area contributed by atoms with Crippen LogP contribution in [-0.2, 0) is 0 Å². The van der Waals surface area contributed by atoms with Crippen molar-refractivity contribution in [2.75, 3.05) is 0 Å². The van der Waals surface area contributed by atoms with Gasteiger partial charge in [-0.05, 0) is 37.0 Å². The Kier molecular flexibility index (Phi) is 1.05. The summed E-state index contributed by atoms with van der Waals surface area (Å²) in [6.07, 6.45) is 5.29. The number of nitrogens with two attached hydrogens (primary N) is 1. The highest BCUT2D eigenvalue weighted by Crippen LogP contribution is 2.58. The molecule has 0 spiro atoms. The van der Waals surface area contributed by atoms with Gasteiger partial charge in [-0.1, -0.05) is 13.8 Å². The fourth-order valence-corrected chi connectivity index (χ4v) is 2.91. The molecule has 2 fully saturated rings. The van der Waals surface area contributed by atoms with Crippen molar-refractivity contribution in [3.05, 3.63) is 0 Å². The van der Waals surface area contributed by atoms with E-state index in [0.29, 0.717) is 5.41 Å². The molecule has 1 heteroatoms. The lowest BCUT2D eigenvalue weighted by atomic mass is 9.77. The van der Waals surface area contributed by atoms with Crippen molar-refractivity contribution in [3.63, 3.8) is 0 Å². The molecule has 2 N–H and O–H groups in total. The normalized spacial score (nSPS) is 50.1. The Hall–Kier alpha value is -0.0400. The summed E-state index contributed by atoms with van der Waals surface area (Å²) in [6.45, 7) is 4.69. The molecule has 0 aromatic heterocycles. The maximum Gasteiger partial charge on any atom is 0.0208 e. The van der Waals surface area contributed by atoms with Gasteiger partial charge in [0.15, 0.2) is 0 Å². The summed E-state index contributed by atoms with van der Waals surface area (Å²) in [5.41, 5.74) is 6.92. The molecule has 2 aliphatic carbocycles. The van der Waals surface area contributed by atoms with E-state index in [1.807, 2.05) is 0 Å². The van der Waals surface area contributed by atoms with E-state index in [0.717, 1.165) is 5.92 Å². The fourth-order valence-electron chi connectivity index (χ4n) is 2.91. The summed E-state index contributed by atoms with van der Waals surface area (Å²) in [6, 6.07) is 0. The minimum Gasteiger partial charge on any atom is -0.325 e. The molecule has 0 aromatic carbocycles. The maximum atomic E-state index is 6.28. The molecule has 0 radical (unpaired) electrons. The molecule has 0 atom stereocenters. The van der Waals surface area contributed by atoms with E-state index < -0.39 is 0 Å². The van der Waals surface area contributed by atoms with E-state index in [-0.39, 0.29) is 5.54 Å². The third kappa shape index (κ3) is 0.531. The van der Waals surface area contributed by atoms with E-state index in [9.17, 15) is 0 Å². The Labute approximate surface area is 63.0 Å². The van der Waals surface area contributed by atoms with Crippen molar-refractivity contribution in [1.29, 1.82) is 0 Å². The van der Waals surface area contributed by atoms with Crippen molar-refractivity contribution < 1.29 is 0 Å². The minimum atomic E-state index is 0.206. The fraction of sp³-hybridized carbons (Fsp3) is 1.00. The summed E-state index contributed by atoms with van der Waals surface area (Å²) in [7, 11) is 0. The molecule has 0 aliphatic heterocycles. The zero-order valence-corrected chi connectivity index (χ0v) is 6.98. The van der Waals surface area contributed by atoms with Gasteiger partial charge in [0.05, 0.1) is 0 Å². The summed E-state index contributed by atoms with van der Waals surface area (Å²) < 4.78 is 0. The largest absolute Gasteiger partial charge is 0.325 e. The van der Waals surface area contributed by atoms with Crippen LogP contribution < -0.4 is 5.73 Å². The molecule has 2 saturated carbocycles. The number of hydrogen-bond donors (Lipinski definition) is 1. The second-order valence-corrected chi connectivity index (χ2v) is 4.65.